The Labute approximate surface area is 152 Å². The summed E-state index contributed by atoms with van der Waals surface area (Å²) in [5, 5.41) is 2.84. The smallest absolute Gasteiger partial charge is 0.252 e. The van der Waals surface area contributed by atoms with Crippen molar-refractivity contribution in [3.05, 3.63) is 27.7 Å². The van der Waals surface area contributed by atoms with Gasteiger partial charge < -0.3 is 10.1 Å². The molecule has 24 heavy (non-hydrogen) atoms. The van der Waals surface area contributed by atoms with Crippen LogP contribution in [0, 0.1) is 0 Å². The van der Waals surface area contributed by atoms with Crippen molar-refractivity contribution in [2.75, 3.05) is 32.8 Å². The zero-order valence-corrected chi connectivity index (χ0v) is 15.7. The molecular weight excluding hydrogens is 375 g/mol. The van der Waals surface area contributed by atoms with Gasteiger partial charge in [-0.3, -0.25) is 4.79 Å². The van der Waals surface area contributed by atoms with Gasteiger partial charge in [0, 0.05) is 19.6 Å². The van der Waals surface area contributed by atoms with Gasteiger partial charge >= 0.3 is 0 Å². The van der Waals surface area contributed by atoms with Crippen LogP contribution < -0.4 is 5.32 Å². The summed E-state index contributed by atoms with van der Waals surface area (Å²) in [4.78, 5) is 12.1. The highest BCUT2D eigenvalue weighted by Crippen LogP contribution is 2.31. The lowest BCUT2D eigenvalue weighted by molar-refractivity contribution is 0.0730. The Morgan fingerprint density at radius 3 is 2.54 bits per heavy atom. The molecule has 1 fully saturated rings. The van der Waals surface area contributed by atoms with Gasteiger partial charge in [0.25, 0.3) is 5.91 Å². The Kier molecular flexibility index (Phi) is 6.88. The Morgan fingerprint density at radius 1 is 1.25 bits per heavy atom. The highest BCUT2D eigenvalue weighted by molar-refractivity contribution is 7.89. The molecule has 1 aromatic carbocycles. The van der Waals surface area contributed by atoms with Gasteiger partial charge in [-0.25, -0.2) is 8.42 Å². The van der Waals surface area contributed by atoms with Gasteiger partial charge in [0.05, 0.1) is 28.8 Å². The summed E-state index contributed by atoms with van der Waals surface area (Å²) in [5.41, 5.74) is 0.101. The Morgan fingerprint density at radius 2 is 1.92 bits per heavy atom. The lowest BCUT2D eigenvalue weighted by Crippen LogP contribution is -2.40. The van der Waals surface area contributed by atoms with Crippen molar-refractivity contribution in [3.8, 4) is 0 Å². The summed E-state index contributed by atoms with van der Waals surface area (Å²) in [7, 11) is -3.81. The lowest BCUT2D eigenvalue weighted by Gasteiger charge is -2.26. The van der Waals surface area contributed by atoms with E-state index in [-0.39, 0.29) is 33.6 Å². The zero-order valence-electron chi connectivity index (χ0n) is 13.3. The van der Waals surface area contributed by atoms with Crippen LogP contribution in [0.3, 0.4) is 0 Å². The van der Waals surface area contributed by atoms with Crippen molar-refractivity contribution in [2.45, 2.75) is 24.7 Å². The Hall–Kier alpha value is -0.860. The number of unbranched alkanes of at least 4 members (excludes halogenated alkanes) is 1. The summed E-state index contributed by atoms with van der Waals surface area (Å²) in [6.45, 7) is 3.66. The molecule has 1 amide bonds. The average Bonchev–Trinajstić information content (AvgIpc) is 2.55. The Balaban J connectivity index is 2.33. The van der Waals surface area contributed by atoms with Crippen LogP contribution in [-0.2, 0) is 14.8 Å². The molecule has 0 unspecified atom stereocenters. The van der Waals surface area contributed by atoms with Crippen molar-refractivity contribution < 1.29 is 17.9 Å². The number of benzene rings is 1. The second-order valence-corrected chi connectivity index (χ2v) is 8.11. The first-order valence-electron chi connectivity index (χ1n) is 7.73. The first-order chi connectivity index (χ1) is 11.4. The van der Waals surface area contributed by atoms with Crippen LogP contribution >= 0.6 is 23.2 Å². The van der Waals surface area contributed by atoms with Crippen LogP contribution in [0.4, 0.5) is 0 Å². The molecule has 0 bridgehead atoms. The number of nitrogens with one attached hydrogen (secondary N) is 1. The van der Waals surface area contributed by atoms with E-state index in [9.17, 15) is 13.2 Å². The molecule has 1 saturated heterocycles. The van der Waals surface area contributed by atoms with Gasteiger partial charge in [-0.15, -0.1) is 0 Å². The number of sulfonamides is 1. The van der Waals surface area contributed by atoms with Gasteiger partial charge in [0.15, 0.2) is 0 Å². The van der Waals surface area contributed by atoms with E-state index in [0.717, 1.165) is 12.8 Å². The maximum absolute atomic E-state index is 12.8. The Bertz CT molecular complexity index is 704. The molecular formula is C15H20Cl2N2O4S. The summed E-state index contributed by atoms with van der Waals surface area (Å²) in [5.74, 6) is -0.413. The molecule has 134 valence electrons. The number of halogens is 2. The van der Waals surface area contributed by atoms with E-state index < -0.39 is 15.9 Å². The maximum Gasteiger partial charge on any atom is 0.252 e. The average molecular weight is 395 g/mol. The van der Waals surface area contributed by atoms with Crippen molar-refractivity contribution >= 4 is 39.1 Å². The van der Waals surface area contributed by atoms with Crippen LogP contribution in [0.15, 0.2) is 17.0 Å². The van der Waals surface area contributed by atoms with Crippen molar-refractivity contribution in [1.82, 2.24) is 9.62 Å². The second kappa shape index (κ2) is 8.49. The predicted octanol–water partition coefficient (Wildman–Crippen LogP) is 2.54. The number of hydrogen-bond donors (Lipinski definition) is 1. The quantitative estimate of drug-likeness (QED) is 0.752. The predicted molar refractivity (Wildman–Crippen MR) is 93.3 cm³/mol. The van der Waals surface area contributed by atoms with Gasteiger partial charge in [0.2, 0.25) is 10.0 Å². The van der Waals surface area contributed by atoms with E-state index in [4.69, 9.17) is 27.9 Å². The third-order valence-corrected chi connectivity index (χ3v) is 6.35. The SMILES string of the molecule is CCCCNC(=O)c1cc(S(=O)(=O)N2CCOCC2)c(Cl)cc1Cl. The van der Waals surface area contributed by atoms with Gasteiger partial charge in [-0.2, -0.15) is 4.31 Å². The molecule has 1 aliphatic heterocycles. The van der Waals surface area contributed by atoms with Crippen molar-refractivity contribution in [1.29, 1.82) is 0 Å². The molecule has 9 heteroatoms. The number of hydrogen-bond acceptors (Lipinski definition) is 4. The standard InChI is InChI=1S/C15H20Cl2N2O4S/c1-2-3-4-18-15(20)11-9-14(13(17)10-12(11)16)24(21,22)19-5-7-23-8-6-19/h9-10H,2-8H2,1H3,(H,18,20). The summed E-state index contributed by atoms with van der Waals surface area (Å²) in [6.07, 6.45) is 1.77. The van der Waals surface area contributed by atoms with Crippen LogP contribution in [0.5, 0.6) is 0 Å². The molecule has 0 aliphatic carbocycles. The maximum atomic E-state index is 12.8. The fraction of sp³-hybridized carbons (Fsp3) is 0.533. The molecule has 1 N–H and O–H groups in total. The number of amides is 1. The summed E-state index contributed by atoms with van der Waals surface area (Å²) < 4.78 is 32.0. The van der Waals surface area contributed by atoms with Crippen LogP contribution in [0.25, 0.3) is 0 Å². The molecule has 0 spiro atoms. The summed E-state index contributed by atoms with van der Waals surface area (Å²) in [6, 6.07) is 2.54. The number of nitrogens with zero attached hydrogens (tertiary/aromatic N) is 1. The fourth-order valence-corrected chi connectivity index (χ4v) is 4.54. The van der Waals surface area contributed by atoms with Crippen LogP contribution in [0.2, 0.25) is 10.0 Å². The van der Waals surface area contributed by atoms with E-state index in [1.807, 2.05) is 6.92 Å². The number of ether oxygens (including phenoxy) is 1. The van der Waals surface area contributed by atoms with Crippen molar-refractivity contribution in [3.63, 3.8) is 0 Å². The topological polar surface area (TPSA) is 75.7 Å². The molecule has 0 saturated carbocycles. The lowest BCUT2D eigenvalue weighted by atomic mass is 10.2. The number of carbonyl (C=O) groups is 1. The minimum Gasteiger partial charge on any atom is -0.379 e. The third-order valence-electron chi connectivity index (χ3n) is 3.67. The fourth-order valence-electron chi connectivity index (χ4n) is 2.30. The monoisotopic (exact) mass is 394 g/mol. The third kappa shape index (κ3) is 4.40. The molecule has 0 radical (unpaired) electrons. The highest BCUT2D eigenvalue weighted by atomic mass is 35.5. The molecule has 0 aromatic heterocycles. The van der Waals surface area contributed by atoms with E-state index in [1.165, 1.54) is 16.4 Å². The minimum absolute atomic E-state index is 0.00315. The highest BCUT2D eigenvalue weighted by Gasteiger charge is 2.30. The number of carbonyl (C=O) groups excluding carboxylic acids is 1. The first-order valence-corrected chi connectivity index (χ1v) is 9.92. The number of rotatable bonds is 6. The number of morpholine rings is 1. The first kappa shape index (κ1) is 19.5. The van der Waals surface area contributed by atoms with Gasteiger partial charge in [0.1, 0.15) is 4.90 Å². The van der Waals surface area contributed by atoms with Crippen LogP contribution in [0.1, 0.15) is 30.1 Å². The van der Waals surface area contributed by atoms with E-state index in [2.05, 4.69) is 5.32 Å². The van der Waals surface area contributed by atoms with E-state index in [0.29, 0.717) is 19.8 Å². The molecule has 2 rings (SSSR count). The zero-order chi connectivity index (χ0) is 17.7. The largest absolute Gasteiger partial charge is 0.379 e. The second-order valence-electron chi connectivity index (χ2n) is 5.39. The van der Waals surface area contributed by atoms with E-state index >= 15 is 0 Å². The van der Waals surface area contributed by atoms with E-state index in [1.54, 1.807) is 0 Å². The molecule has 1 heterocycles. The molecule has 0 atom stereocenters. The van der Waals surface area contributed by atoms with Crippen molar-refractivity contribution in [2.24, 2.45) is 0 Å². The van der Waals surface area contributed by atoms with Crippen LogP contribution in [-0.4, -0.2) is 51.5 Å². The minimum atomic E-state index is -3.81. The molecule has 1 aromatic rings. The van der Waals surface area contributed by atoms with Gasteiger partial charge in [-0.05, 0) is 18.6 Å². The molecule has 6 nitrogen and oxygen atoms in total. The normalized spacial score (nSPS) is 16.1. The molecule has 1 aliphatic rings. The summed E-state index contributed by atoms with van der Waals surface area (Å²) >= 11 is 12.2. The van der Waals surface area contributed by atoms with Gasteiger partial charge in [-0.1, -0.05) is 36.5 Å².